The number of nitrogens with one attached hydrogen (secondary N) is 1. The Bertz CT molecular complexity index is 786. The molecule has 2 heterocycles. The van der Waals surface area contributed by atoms with Crippen LogP contribution in [0.15, 0.2) is 59.3 Å². The molecule has 5 nitrogen and oxygen atoms in total. The molecule has 5 heteroatoms. The fraction of sp³-hybridized carbons (Fsp3) is 0.222. The highest BCUT2D eigenvalue weighted by atomic mass is 16.4. The molecule has 0 fully saturated rings. The van der Waals surface area contributed by atoms with Gasteiger partial charge in [0.25, 0.3) is 0 Å². The van der Waals surface area contributed by atoms with Crippen molar-refractivity contribution >= 4 is 5.69 Å². The predicted molar refractivity (Wildman–Crippen MR) is 88.9 cm³/mol. The van der Waals surface area contributed by atoms with Crippen molar-refractivity contribution in [2.45, 2.75) is 12.6 Å². The normalized spacial score (nSPS) is 18.0. The Labute approximate surface area is 135 Å². The van der Waals surface area contributed by atoms with Crippen LogP contribution < -0.4 is 5.32 Å². The van der Waals surface area contributed by atoms with E-state index in [4.69, 9.17) is 4.42 Å². The molecular weight excluding hydrogens is 288 g/mol. The Morgan fingerprint density at radius 3 is 2.83 bits per heavy atom. The molecule has 4 rings (SSSR count). The van der Waals surface area contributed by atoms with E-state index in [1.807, 2.05) is 6.07 Å². The Morgan fingerprint density at radius 2 is 2.04 bits per heavy atom. The fourth-order valence-corrected chi connectivity index (χ4v) is 3.12. The van der Waals surface area contributed by atoms with Crippen molar-refractivity contribution in [1.82, 2.24) is 15.1 Å². The number of aromatic nitrogens is 2. The van der Waals surface area contributed by atoms with Crippen LogP contribution in [0, 0.1) is 0 Å². The van der Waals surface area contributed by atoms with E-state index in [1.165, 1.54) is 23.2 Å². The van der Waals surface area contributed by atoms with Crippen LogP contribution >= 0.6 is 0 Å². The van der Waals surface area contributed by atoms with Gasteiger partial charge in [-0.1, -0.05) is 30.3 Å². The number of hydrogen-bond acceptors (Lipinski definition) is 5. The van der Waals surface area contributed by atoms with Crippen molar-refractivity contribution in [3.8, 4) is 11.5 Å². The number of anilines is 1. The van der Waals surface area contributed by atoms with Crippen LogP contribution in [0.2, 0.25) is 0 Å². The molecule has 0 saturated heterocycles. The quantitative estimate of drug-likeness (QED) is 0.787. The van der Waals surface area contributed by atoms with Crippen molar-refractivity contribution in [2.24, 2.45) is 0 Å². The van der Waals surface area contributed by atoms with Crippen molar-refractivity contribution in [3.05, 3.63) is 66.1 Å². The van der Waals surface area contributed by atoms with Crippen LogP contribution in [-0.2, 0) is 6.54 Å². The lowest BCUT2D eigenvalue weighted by molar-refractivity contribution is 0.252. The number of fused-ring (bicyclic) bond motifs is 1. The monoisotopic (exact) mass is 306 g/mol. The maximum Gasteiger partial charge on any atom is 0.247 e. The Hall–Kier alpha value is -2.66. The number of hydrogen-bond donors (Lipinski definition) is 1. The average molecular weight is 306 g/mol. The van der Waals surface area contributed by atoms with Crippen LogP contribution in [0.5, 0.6) is 0 Å². The Morgan fingerprint density at radius 1 is 1.17 bits per heavy atom. The summed E-state index contributed by atoms with van der Waals surface area (Å²) in [5.74, 6) is 0.555. The molecule has 1 N–H and O–H groups in total. The minimum Gasteiger partial charge on any atom is -0.423 e. The average Bonchev–Trinajstić information content (AvgIpc) is 3.06. The largest absolute Gasteiger partial charge is 0.423 e. The SMILES string of the molecule is CN1Cc2cc(-c3nnco3)ccc2NCC1c1ccccc1. The van der Waals surface area contributed by atoms with E-state index in [-0.39, 0.29) is 0 Å². The van der Waals surface area contributed by atoms with Crippen LogP contribution in [0.3, 0.4) is 0 Å². The third-order valence-corrected chi connectivity index (χ3v) is 4.33. The van der Waals surface area contributed by atoms with Crippen molar-refractivity contribution in [3.63, 3.8) is 0 Å². The molecule has 3 aromatic rings. The molecule has 2 aromatic carbocycles. The van der Waals surface area contributed by atoms with Gasteiger partial charge >= 0.3 is 0 Å². The van der Waals surface area contributed by atoms with Crippen molar-refractivity contribution in [1.29, 1.82) is 0 Å². The van der Waals surface area contributed by atoms with Gasteiger partial charge in [0.15, 0.2) is 0 Å². The van der Waals surface area contributed by atoms with Gasteiger partial charge in [-0.05, 0) is 36.4 Å². The summed E-state index contributed by atoms with van der Waals surface area (Å²) in [6, 6.07) is 17.2. The van der Waals surface area contributed by atoms with Crippen molar-refractivity contribution < 1.29 is 4.42 Å². The molecule has 1 aliphatic heterocycles. The zero-order valence-electron chi connectivity index (χ0n) is 12.9. The lowest BCUT2D eigenvalue weighted by Gasteiger charge is -2.25. The van der Waals surface area contributed by atoms with Gasteiger partial charge in [-0.15, -0.1) is 10.2 Å². The van der Waals surface area contributed by atoms with E-state index in [2.05, 4.69) is 69.9 Å². The van der Waals surface area contributed by atoms with Gasteiger partial charge in [0.05, 0.1) is 6.04 Å². The Kier molecular flexibility index (Phi) is 3.55. The van der Waals surface area contributed by atoms with E-state index >= 15 is 0 Å². The second kappa shape index (κ2) is 5.85. The molecule has 23 heavy (non-hydrogen) atoms. The molecule has 1 unspecified atom stereocenters. The zero-order chi connectivity index (χ0) is 15.6. The minimum absolute atomic E-state index is 0.343. The minimum atomic E-state index is 0.343. The van der Waals surface area contributed by atoms with Crippen LogP contribution in [0.25, 0.3) is 11.5 Å². The maximum atomic E-state index is 5.30. The Balaban J connectivity index is 1.65. The summed E-state index contributed by atoms with van der Waals surface area (Å²) in [4.78, 5) is 2.37. The second-order valence-corrected chi connectivity index (χ2v) is 5.84. The summed E-state index contributed by atoms with van der Waals surface area (Å²) in [7, 11) is 2.16. The molecule has 1 aromatic heterocycles. The number of benzene rings is 2. The summed E-state index contributed by atoms with van der Waals surface area (Å²) < 4.78 is 5.30. The smallest absolute Gasteiger partial charge is 0.247 e. The first-order chi connectivity index (χ1) is 11.3. The fourth-order valence-electron chi connectivity index (χ4n) is 3.12. The number of rotatable bonds is 2. The summed E-state index contributed by atoms with van der Waals surface area (Å²) in [5.41, 5.74) is 4.68. The number of nitrogens with zero attached hydrogens (tertiary/aromatic N) is 3. The summed E-state index contributed by atoms with van der Waals surface area (Å²) in [5, 5.41) is 11.3. The van der Waals surface area contributed by atoms with Gasteiger partial charge in [0.2, 0.25) is 12.3 Å². The molecule has 0 saturated carbocycles. The molecule has 0 bridgehead atoms. The van der Waals surface area contributed by atoms with Gasteiger partial charge in [0.1, 0.15) is 0 Å². The lowest BCUT2D eigenvalue weighted by Crippen LogP contribution is -2.26. The maximum absolute atomic E-state index is 5.30. The molecule has 0 amide bonds. The summed E-state index contributed by atoms with van der Waals surface area (Å²) >= 11 is 0. The standard InChI is InChI=1S/C18H18N4O/c1-22-11-15-9-14(18-21-20-12-23-18)7-8-16(15)19-10-17(22)13-5-3-2-4-6-13/h2-9,12,17,19H,10-11H2,1H3. The predicted octanol–water partition coefficient (Wildman–Crippen LogP) is 3.34. The van der Waals surface area contributed by atoms with E-state index in [0.29, 0.717) is 11.9 Å². The third kappa shape index (κ3) is 2.71. The van der Waals surface area contributed by atoms with Crippen LogP contribution in [-0.4, -0.2) is 28.7 Å². The molecule has 116 valence electrons. The van der Waals surface area contributed by atoms with Gasteiger partial charge in [0, 0.05) is 24.3 Å². The van der Waals surface area contributed by atoms with E-state index < -0.39 is 0 Å². The van der Waals surface area contributed by atoms with E-state index in [1.54, 1.807) is 0 Å². The van der Waals surface area contributed by atoms with Gasteiger partial charge in [-0.2, -0.15) is 0 Å². The molecule has 0 radical (unpaired) electrons. The first-order valence-corrected chi connectivity index (χ1v) is 7.70. The zero-order valence-corrected chi connectivity index (χ0v) is 12.9. The van der Waals surface area contributed by atoms with E-state index in [0.717, 1.165) is 18.7 Å². The summed E-state index contributed by atoms with van der Waals surface area (Å²) in [6.45, 7) is 1.75. The second-order valence-electron chi connectivity index (χ2n) is 5.84. The van der Waals surface area contributed by atoms with Gasteiger partial charge in [-0.3, -0.25) is 4.90 Å². The molecule has 1 atom stereocenters. The van der Waals surface area contributed by atoms with Gasteiger partial charge in [-0.25, -0.2) is 0 Å². The molecular formula is C18H18N4O. The molecule has 0 spiro atoms. The van der Waals surface area contributed by atoms with E-state index in [9.17, 15) is 0 Å². The van der Waals surface area contributed by atoms with Crippen LogP contribution in [0.4, 0.5) is 5.69 Å². The van der Waals surface area contributed by atoms with Crippen molar-refractivity contribution in [2.75, 3.05) is 18.9 Å². The summed E-state index contributed by atoms with van der Waals surface area (Å²) in [6.07, 6.45) is 1.36. The highest BCUT2D eigenvalue weighted by Gasteiger charge is 2.22. The van der Waals surface area contributed by atoms with Crippen LogP contribution in [0.1, 0.15) is 17.2 Å². The highest BCUT2D eigenvalue weighted by Crippen LogP contribution is 2.31. The van der Waals surface area contributed by atoms with Gasteiger partial charge < -0.3 is 9.73 Å². The first kappa shape index (κ1) is 14.0. The molecule has 0 aliphatic carbocycles. The first-order valence-electron chi connectivity index (χ1n) is 7.70. The third-order valence-electron chi connectivity index (χ3n) is 4.33. The number of likely N-dealkylation sites (N-methyl/N-ethyl adjacent to an activating group) is 1. The topological polar surface area (TPSA) is 54.2 Å². The molecule has 1 aliphatic rings. The lowest BCUT2D eigenvalue weighted by atomic mass is 10.1. The highest BCUT2D eigenvalue weighted by molar-refractivity contribution is 5.63.